The summed E-state index contributed by atoms with van der Waals surface area (Å²) in [5.41, 5.74) is 0.881. The maximum Gasteiger partial charge on any atom is 0.179 e. The molecule has 2 aromatic heterocycles. The molecule has 0 saturated carbocycles. The van der Waals surface area contributed by atoms with E-state index in [0.717, 1.165) is 0 Å². The van der Waals surface area contributed by atoms with Crippen molar-refractivity contribution in [1.29, 1.82) is 0 Å². The number of benzene rings is 1. The van der Waals surface area contributed by atoms with Gasteiger partial charge in [0.25, 0.3) is 0 Å². The molecule has 4 rings (SSSR count). The first kappa shape index (κ1) is 20.6. The Morgan fingerprint density at radius 3 is 2.50 bits per heavy atom. The summed E-state index contributed by atoms with van der Waals surface area (Å²) in [7, 11) is 0. The van der Waals surface area contributed by atoms with Gasteiger partial charge in [0.1, 0.15) is 41.9 Å². The number of nitrogens with zero attached hydrogens (tertiary/aromatic N) is 4. The zero-order chi connectivity index (χ0) is 21.4. The molecule has 0 aliphatic carbocycles. The molecule has 1 aliphatic heterocycles. The number of fused-ring (bicyclic) bond motifs is 1. The third-order valence-electron chi connectivity index (χ3n) is 4.85. The van der Waals surface area contributed by atoms with Crippen molar-refractivity contribution in [3.8, 4) is 17.2 Å². The van der Waals surface area contributed by atoms with E-state index >= 15 is 0 Å². The molecule has 3 heterocycles. The smallest absolute Gasteiger partial charge is 0.179 e. The number of aromatic nitrogens is 4. The summed E-state index contributed by atoms with van der Waals surface area (Å²) in [4.78, 5) is 12.5. The van der Waals surface area contributed by atoms with Crippen LogP contribution < -0.4 is 9.15 Å². The first-order valence-corrected chi connectivity index (χ1v) is 9.46. The molecule has 6 N–H and O–H groups in total. The zero-order valence-corrected chi connectivity index (χ0v) is 16.8. The number of hydrogen-bond donors (Lipinski definition) is 6. The van der Waals surface area contributed by atoms with Crippen LogP contribution in [-0.2, 0) is 11.3 Å². The van der Waals surface area contributed by atoms with Crippen molar-refractivity contribution in [3.05, 3.63) is 30.4 Å². The highest BCUT2D eigenvalue weighted by atomic mass is 79.9. The lowest BCUT2D eigenvalue weighted by atomic mass is 10.1. The van der Waals surface area contributed by atoms with Gasteiger partial charge in [0, 0.05) is 18.7 Å². The van der Waals surface area contributed by atoms with Crippen LogP contribution in [0.15, 0.2) is 24.8 Å². The summed E-state index contributed by atoms with van der Waals surface area (Å²) in [6.07, 6.45) is -1.81. The molecule has 3 aromatic rings. The van der Waals surface area contributed by atoms with Gasteiger partial charge in [-0.2, -0.15) is 0 Å². The number of anilines is 1. The maximum atomic E-state index is 10.3. The van der Waals surface area contributed by atoms with Crippen LogP contribution in [0.1, 0.15) is 11.8 Å². The number of phenols is 2. The number of aliphatic hydroxyl groups excluding tert-OH is 3. The van der Waals surface area contributed by atoms with E-state index in [2.05, 4.69) is 36.5 Å². The molecule has 1 saturated heterocycles. The van der Waals surface area contributed by atoms with Crippen LogP contribution in [0.5, 0.6) is 17.2 Å². The molecule has 0 bridgehead atoms. The van der Waals surface area contributed by atoms with Gasteiger partial charge in [-0.05, 0) is 0 Å². The zero-order valence-electron chi connectivity index (χ0n) is 15.3. The van der Waals surface area contributed by atoms with Crippen molar-refractivity contribution in [3.63, 3.8) is 0 Å². The number of imidazole rings is 1. The summed E-state index contributed by atoms with van der Waals surface area (Å²) < 4.78 is 11.8. The number of ether oxygens (including phenoxy) is 1. The first-order valence-electron chi connectivity index (χ1n) is 8.82. The molecular weight excluding hydrogens is 466 g/mol. The molecule has 1 fully saturated rings. The van der Waals surface area contributed by atoms with Crippen LogP contribution >= 0.6 is 16.3 Å². The molecular formula is C17H18BrN5O7. The Balaban J connectivity index is 1.60. The number of phenolic OH excluding ortho intramolecular Hbond substituents is 2. The van der Waals surface area contributed by atoms with E-state index in [9.17, 15) is 25.5 Å². The van der Waals surface area contributed by atoms with Gasteiger partial charge in [0.15, 0.2) is 39.5 Å². The van der Waals surface area contributed by atoms with E-state index < -0.39 is 31.1 Å². The normalized spacial score (nSPS) is 23.7. The van der Waals surface area contributed by atoms with E-state index in [4.69, 9.17) is 8.57 Å². The highest BCUT2D eigenvalue weighted by Crippen LogP contribution is 2.35. The molecule has 0 amide bonds. The third kappa shape index (κ3) is 3.50. The lowest BCUT2D eigenvalue weighted by Gasteiger charge is -2.16. The average molecular weight is 484 g/mol. The van der Waals surface area contributed by atoms with Crippen LogP contribution in [-0.4, -0.2) is 70.0 Å². The summed E-state index contributed by atoms with van der Waals surface area (Å²) in [5, 5.41) is 52.7. The number of nitrogens with one attached hydrogen (secondary N) is 1. The number of aliphatic hydroxyl groups is 3. The Hall–Kier alpha value is -2.71. The van der Waals surface area contributed by atoms with Crippen LogP contribution in [0, 0.1) is 0 Å². The topological polar surface area (TPSA) is 175 Å². The SMILES string of the molecule is OC[C@H]1OC(n2cnc3c(NCc4c(O)cc(OBr)cc4O)ncnc32)[C@H](O)[C@@H]1O. The minimum absolute atomic E-state index is 0.0209. The Morgan fingerprint density at radius 1 is 1.13 bits per heavy atom. The fraction of sp³-hybridized carbons (Fsp3) is 0.353. The molecule has 1 aromatic carbocycles. The molecule has 1 unspecified atom stereocenters. The number of hydrogen-bond acceptors (Lipinski definition) is 11. The largest absolute Gasteiger partial charge is 0.507 e. The monoisotopic (exact) mass is 483 g/mol. The van der Waals surface area contributed by atoms with Crippen molar-refractivity contribution in [2.24, 2.45) is 0 Å². The van der Waals surface area contributed by atoms with Gasteiger partial charge in [0.2, 0.25) is 0 Å². The molecule has 1 aliphatic rings. The second kappa shape index (κ2) is 8.20. The van der Waals surface area contributed by atoms with Crippen molar-refractivity contribution in [2.75, 3.05) is 11.9 Å². The van der Waals surface area contributed by atoms with Gasteiger partial charge in [-0.15, -0.1) is 0 Å². The average Bonchev–Trinajstić information content (AvgIpc) is 3.29. The van der Waals surface area contributed by atoms with Gasteiger partial charge in [-0.25, -0.2) is 15.0 Å². The second-order valence-electron chi connectivity index (χ2n) is 6.65. The van der Waals surface area contributed by atoms with Crippen LogP contribution in [0.3, 0.4) is 0 Å². The summed E-state index contributed by atoms with van der Waals surface area (Å²) in [5.74, 6) is 0.180. The fourth-order valence-corrected chi connectivity index (χ4v) is 3.48. The molecule has 13 heteroatoms. The Kier molecular flexibility index (Phi) is 5.62. The van der Waals surface area contributed by atoms with Crippen molar-refractivity contribution in [2.45, 2.75) is 31.1 Å². The predicted octanol–water partition coefficient (Wildman–Crippen LogP) is 0.150. The molecule has 30 heavy (non-hydrogen) atoms. The Morgan fingerprint density at radius 2 is 1.87 bits per heavy atom. The van der Waals surface area contributed by atoms with Gasteiger partial charge in [-0.1, -0.05) is 0 Å². The Bertz CT molecular complexity index is 1040. The fourth-order valence-electron chi connectivity index (χ4n) is 3.29. The highest BCUT2D eigenvalue weighted by Gasteiger charge is 2.44. The van der Waals surface area contributed by atoms with E-state index in [1.165, 1.54) is 29.4 Å². The van der Waals surface area contributed by atoms with Crippen molar-refractivity contribution >= 4 is 33.2 Å². The van der Waals surface area contributed by atoms with Crippen LogP contribution in [0.2, 0.25) is 0 Å². The van der Waals surface area contributed by atoms with Gasteiger partial charge >= 0.3 is 0 Å². The van der Waals surface area contributed by atoms with E-state index in [1.807, 2.05) is 0 Å². The lowest BCUT2D eigenvalue weighted by molar-refractivity contribution is -0.0511. The van der Waals surface area contributed by atoms with Gasteiger partial charge in [0.05, 0.1) is 18.5 Å². The summed E-state index contributed by atoms with van der Waals surface area (Å²) >= 11 is 2.78. The molecule has 0 spiro atoms. The predicted molar refractivity (Wildman–Crippen MR) is 105 cm³/mol. The highest BCUT2D eigenvalue weighted by molar-refractivity contribution is 9.06. The first-order chi connectivity index (χ1) is 14.4. The summed E-state index contributed by atoms with van der Waals surface area (Å²) in [6, 6.07) is 2.66. The van der Waals surface area contributed by atoms with E-state index in [1.54, 1.807) is 0 Å². The maximum absolute atomic E-state index is 10.3. The van der Waals surface area contributed by atoms with E-state index in [-0.39, 0.29) is 29.4 Å². The standard InChI is InChI=1S/C17H18BrN5O7/c18-30-7-1-9(25)8(10(26)2-7)3-19-15-12-16(21-5-20-15)23(6-22-12)17-14(28)13(27)11(4-24)29-17/h1-2,5-6,11,13-14,17,24-28H,3-4H2,(H,19,20,21)/t11-,13-,14-,17?/m1/s1. The van der Waals surface area contributed by atoms with Crippen LogP contribution in [0.4, 0.5) is 5.82 Å². The van der Waals surface area contributed by atoms with Crippen molar-refractivity contribution in [1.82, 2.24) is 19.5 Å². The second-order valence-corrected chi connectivity index (χ2v) is 6.97. The summed E-state index contributed by atoms with van der Waals surface area (Å²) in [6.45, 7) is -0.428. The van der Waals surface area contributed by atoms with Crippen molar-refractivity contribution < 1.29 is 34.1 Å². The minimum atomic E-state index is -1.28. The molecule has 12 nitrogen and oxygen atoms in total. The lowest BCUT2D eigenvalue weighted by Crippen LogP contribution is -2.33. The quantitative estimate of drug-likeness (QED) is 0.281. The minimum Gasteiger partial charge on any atom is -0.507 e. The molecule has 160 valence electrons. The van der Waals surface area contributed by atoms with Gasteiger partial charge < -0.3 is 39.4 Å². The van der Waals surface area contributed by atoms with E-state index in [0.29, 0.717) is 17.0 Å². The molecule has 0 radical (unpaired) electrons. The molecule has 4 atom stereocenters. The Labute approximate surface area is 177 Å². The van der Waals surface area contributed by atoms with Gasteiger partial charge in [-0.3, -0.25) is 4.57 Å². The number of rotatable bonds is 6. The van der Waals surface area contributed by atoms with Crippen LogP contribution in [0.25, 0.3) is 11.2 Å². The number of halogens is 1. The number of aromatic hydroxyl groups is 2. The third-order valence-corrected chi connectivity index (χ3v) is 5.22.